The number of anilines is 3. The van der Waals surface area contributed by atoms with E-state index in [1.54, 1.807) is 0 Å². The summed E-state index contributed by atoms with van der Waals surface area (Å²) in [5.41, 5.74) is 2.41. The minimum absolute atomic E-state index is 0.862. The number of benzene rings is 1. The van der Waals surface area contributed by atoms with E-state index < -0.39 is 0 Å². The van der Waals surface area contributed by atoms with Crippen molar-refractivity contribution in [2.75, 3.05) is 17.7 Å². The number of aryl methyl sites for hydroxylation is 2. The van der Waals surface area contributed by atoms with Gasteiger partial charge in [-0.2, -0.15) is 0 Å². The third-order valence-corrected chi connectivity index (χ3v) is 3.32. The summed E-state index contributed by atoms with van der Waals surface area (Å²) in [6.07, 6.45) is 1.00. The summed E-state index contributed by atoms with van der Waals surface area (Å²) in [4.78, 5) is 4.56. The molecule has 19 heavy (non-hydrogen) atoms. The molecule has 0 fully saturated rings. The number of hydrogen-bond donors (Lipinski definition) is 2. The Bertz CT molecular complexity index is 578. The first-order valence-electron chi connectivity index (χ1n) is 6.56. The number of para-hydroxylation sites is 1. The van der Waals surface area contributed by atoms with E-state index in [1.165, 1.54) is 5.56 Å². The molecule has 0 saturated carbocycles. The summed E-state index contributed by atoms with van der Waals surface area (Å²) in [6, 6.07) is 10.3. The molecule has 4 nitrogen and oxygen atoms in total. The molecule has 0 atom stereocenters. The van der Waals surface area contributed by atoms with Crippen molar-refractivity contribution in [1.29, 1.82) is 0 Å². The topological polar surface area (TPSA) is 40.8 Å². The van der Waals surface area contributed by atoms with E-state index in [-0.39, 0.29) is 0 Å². The monoisotopic (exact) mass is 257 g/mol. The Hall–Kier alpha value is -2.10. The first-order chi connectivity index (χ1) is 9.15. The number of nitrogens with zero attached hydrogens (tertiary/aromatic N) is 2. The van der Waals surface area contributed by atoms with E-state index in [1.807, 2.05) is 37.7 Å². The lowest BCUT2D eigenvalue weighted by Crippen LogP contribution is -2.36. The molecule has 0 saturated heterocycles. The average molecular weight is 257 g/mol. The molecule has 4 heteroatoms. The molecule has 0 aliphatic carbocycles. The number of aromatic nitrogens is 2. The molecule has 100 valence electrons. The van der Waals surface area contributed by atoms with Gasteiger partial charge in [0.05, 0.1) is 13.1 Å². The van der Waals surface area contributed by atoms with Gasteiger partial charge in [0.15, 0.2) is 0 Å². The molecule has 0 bridgehead atoms. The Balaban J connectivity index is 2.36. The first-order valence-corrected chi connectivity index (χ1v) is 6.56. The van der Waals surface area contributed by atoms with Crippen LogP contribution >= 0.6 is 0 Å². The van der Waals surface area contributed by atoms with Crippen LogP contribution in [0, 0.1) is 6.92 Å². The lowest BCUT2D eigenvalue weighted by molar-refractivity contribution is -0.666. The van der Waals surface area contributed by atoms with E-state index in [2.05, 4.69) is 40.7 Å². The second-order valence-electron chi connectivity index (χ2n) is 4.52. The fourth-order valence-electron chi connectivity index (χ4n) is 2.07. The molecule has 1 aromatic heterocycles. The van der Waals surface area contributed by atoms with Gasteiger partial charge in [0.2, 0.25) is 17.5 Å². The van der Waals surface area contributed by atoms with Gasteiger partial charge >= 0.3 is 0 Å². The third-order valence-electron chi connectivity index (χ3n) is 3.32. The van der Waals surface area contributed by atoms with Gasteiger partial charge in [-0.25, -0.2) is 4.57 Å². The van der Waals surface area contributed by atoms with Crippen molar-refractivity contribution in [1.82, 2.24) is 4.98 Å². The molecule has 1 aromatic carbocycles. The van der Waals surface area contributed by atoms with Crippen LogP contribution in [0.5, 0.6) is 0 Å². The molecule has 0 amide bonds. The molecule has 0 radical (unpaired) electrons. The Morgan fingerprint density at radius 1 is 1.26 bits per heavy atom. The van der Waals surface area contributed by atoms with Gasteiger partial charge in [0, 0.05) is 19.7 Å². The predicted molar refractivity (Wildman–Crippen MR) is 78.8 cm³/mol. The lowest BCUT2D eigenvalue weighted by Gasteiger charge is -2.10. The summed E-state index contributed by atoms with van der Waals surface area (Å²) >= 11 is 0. The fraction of sp³-hybridized carbons (Fsp3) is 0.333. The fourth-order valence-corrected chi connectivity index (χ4v) is 2.07. The van der Waals surface area contributed by atoms with E-state index >= 15 is 0 Å². The Kier molecular flexibility index (Phi) is 4.00. The maximum Gasteiger partial charge on any atom is 0.237 e. The van der Waals surface area contributed by atoms with Gasteiger partial charge in [-0.1, -0.05) is 30.1 Å². The van der Waals surface area contributed by atoms with E-state index in [9.17, 15) is 0 Å². The Labute approximate surface area is 114 Å². The first kappa shape index (κ1) is 13.3. The summed E-state index contributed by atoms with van der Waals surface area (Å²) in [5.74, 6) is 2.85. The molecule has 0 aliphatic rings. The maximum atomic E-state index is 4.56. The predicted octanol–water partition coefficient (Wildman–Crippen LogP) is 2.56. The van der Waals surface area contributed by atoms with Crippen LogP contribution in [-0.2, 0) is 13.5 Å². The van der Waals surface area contributed by atoms with Gasteiger partial charge in [-0.3, -0.25) is 0 Å². The number of hydrogen-bond acceptors (Lipinski definition) is 3. The van der Waals surface area contributed by atoms with Crippen molar-refractivity contribution in [3.8, 4) is 0 Å². The third kappa shape index (κ3) is 2.84. The second kappa shape index (κ2) is 5.69. The highest BCUT2D eigenvalue weighted by atomic mass is 15.1. The van der Waals surface area contributed by atoms with Crippen LogP contribution in [0.15, 0.2) is 30.3 Å². The SMILES string of the molecule is CCc1ccccc1Nc1cc(NC)[n+](C)c(C)n1. The zero-order valence-electron chi connectivity index (χ0n) is 12.0. The minimum atomic E-state index is 0.862. The van der Waals surface area contributed by atoms with Crippen LogP contribution in [0.2, 0.25) is 0 Å². The van der Waals surface area contributed by atoms with E-state index in [0.717, 1.165) is 29.6 Å². The molecule has 0 spiro atoms. The molecule has 2 rings (SSSR count). The van der Waals surface area contributed by atoms with Crippen molar-refractivity contribution in [2.45, 2.75) is 20.3 Å². The van der Waals surface area contributed by atoms with Crippen LogP contribution in [0.3, 0.4) is 0 Å². The highest BCUT2D eigenvalue weighted by Gasteiger charge is 2.12. The standard InChI is InChI=1S/C15H20N4/c1-5-12-8-6-7-9-13(12)18-14-10-15(16-3)19(4)11(2)17-14/h6-10H,5H2,1-4H3,(H,16,18)/p+1. The molecule has 2 aromatic rings. The highest BCUT2D eigenvalue weighted by molar-refractivity contribution is 5.61. The average Bonchev–Trinajstić information content (AvgIpc) is 2.43. The molecular weight excluding hydrogens is 236 g/mol. The van der Waals surface area contributed by atoms with E-state index in [0.29, 0.717) is 0 Å². The second-order valence-corrected chi connectivity index (χ2v) is 4.52. The van der Waals surface area contributed by atoms with Gasteiger partial charge in [0.25, 0.3) is 0 Å². The van der Waals surface area contributed by atoms with Crippen molar-refractivity contribution >= 4 is 17.3 Å². The van der Waals surface area contributed by atoms with Crippen LogP contribution in [-0.4, -0.2) is 12.0 Å². The van der Waals surface area contributed by atoms with Gasteiger partial charge in [-0.05, 0) is 18.1 Å². The largest absolute Gasteiger partial charge is 0.326 e. The Morgan fingerprint density at radius 2 is 2.00 bits per heavy atom. The van der Waals surface area contributed by atoms with Crippen LogP contribution < -0.4 is 15.2 Å². The van der Waals surface area contributed by atoms with Gasteiger partial charge in [0.1, 0.15) is 0 Å². The summed E-state index contributed by atoms with van der Waals surface area (Å²) < 4.78 is 2.02. The highest BCUT2D eigenvalue weighted by Crippen LogP contribution is 2.20. The smallest absolute Gasteiger partial charge is 0.237 e. The molecule has 0 unspecified atom stereocenters. The van der Waals surface area contributed by atoms with Crippen molar-refractivity contribution in [2.24, 2.45) is 7.05 Å². The normalized spacial score (nSPS) is 10.3. The van der Waals surface area contributed by atoms with Crippen LogP contribution in [0.25, 0.3) is 0 Å². The lowest BCUT2D eigenvalue weighted by atomic mass is 10.1. The van der Waals surface area contributed by atoms with Crippen molar-refractivity contribution in [3.63, 3.8) is 0 Å². The number of nitrogens with one attached hydrogen (secondary N) is 2. The van der Waals surface area contributed by atoms with Crippen LogP contribution in [0.1, 0.15) is 18.3 Å². The maximum absolute atomic E-state index is 4.56. The molecule has 1 heterocycles. The van der Waals surface area contributed by atoms with Crippen molar-refractivity contribution in [3.05, 3.63) is 41.7 Å². The number of rotatable bonds is 4. The summed E-state index contributed by atoms with van der Waals surface area (Å²) in [6.45, 7) is 4.15. The molecule has 2 N–H and O–H groups in total. The summed E-state index contributed by atoms with van der Waals surface area (Å²) in [5, 5.41) is 6.58. The molecule has 0 aliphatic heterocycles. The quantitative estimate of drug-likeness (QED) is 0.827. The zero-order valence-corrected chi connectivity index (χ0v) is 12.0. The van der Waals surface area contributed by atoms with Crippen molar-refractivity contribution < 1.29 is 4.57 Å². The van der Waals surface area contributed by atoms with Crippen LogP contribution in [0.4, 0.5) is 17.3 Å². The summed E-state index contributed by atoms with van der Waals surface area (Å²) in [7, 11) is 3.91. The molecular formula is C15H21N4+. The van der Waals surface area contributed by atoms with E-state index in [4.69, 9.17) is 0 Å². The zero-order chi connectivity index (χ0) is 13.8. The van der Waals surface area contributed by atoms with Gasteiger partial charge < -0.3 is 10.6 Å². The minimum Gasteiger partial charge on any atom is -0.326 e. The van der Waals surface area contributed by atoms with Gasteiger partial charge in [-0.15, -0.1) is 0 Å². The Morgan fingerprint density at radius 3 is 2.68 bits per heavy atom.